The first-order valence-corrected chi connectivity index (χ1v) is 11.4. The van der Waals surface area contributed by atoms with Crippen LogP contribution in [0.1, 0.15) is 32.3 Å². The standard InChI is InChI=1S/C24H25FNO5P/c1-5-24(15(4)27,32(29)30)23(28)31-22-20(14(2)3)18-8-6-7-9-19(18)26-21(22)16-10-12-17(25)13-11-16/h5-15,27,32H,1H2,2-4H3,(H,29,30). The van der Waals surface area contributed by atoms with Gasteiger partial charge < -0.3 is 14.7 Å². The van der Waals surface area contributed by atoms with Crippen molar-refractivity contribution in [3.05, 3.63) is 72.6 Å². The van der Waals surface area contributed by atoms with Gasteiger partial charge in [-0.1, -0.05) is 38.1 Å². The molecular formula is C24H25FNO5P. The molecular weight excluding hydrogens is 432 g/mol. The van der Waals surface area contributed by atoms with E-state index in [0.717, 1.165) is 11.5 Å². The Labute approximate surface area is 186 Å². The zero-order valence-electron chi connectivity index (χ0n) is 18.0. The van der Waals surface area contributed by atoms with Gasteiger partial charge in [0.05, 0.1) is 11.6 Å². The summed E-state index contributed by atoms with van der Waals surface area (Å²) in [6.07, 6.45) is -0.573. The van der Waals surface area contributed by atoms with E-state index >= 15 is 0 Å². The second kappa shape index (κ2) is 9.33. The Kier molecular flexibility index (Phi) is 6.94. The molecule has 3 atom stereocenters. The number of rotatable bonds is 7. The molecule has 0 saturated carbocycles. The van der Waals surface area contributed by atoms with Gasteiger partial charge in [0.15, 0.2) is 10.9 Å². The summed E-state index contributed by atoms with van der Waals surface area (Å²) in [7, 11) is -3.62. The van der Waals surface area contributed by atoms with Crippen molar-refractivity contribution >= 4 is 24.9 Å². The number of ether oxygens (including phenoxy) is 1. The monoisotopic (exact) mass is 457 g/mol. The fourth-order valence-corrected chi connectivity index (χ4v) is 4.41. The van der Waals surface area contributed by atoms with E-state index in [9.17, 15) is 23.7 Å². The number of hydrogen-bond acceptors (Lipinski definition) is 5. The summed E-state index contributed by atoms with van der Waals surface area (Å²) >= 11 is 0. The first kappa shape index (κ1) is 23.8. The molecule has 0 fully saturated rings. The van der Waals surface area contributed by atoms with E-state index in [1.165, 1.54) is 31.2 Å². The molecule has 1 aromatic heterocycles. The molecule has 0 spiro atoms. The average molecular weight is 457 g/mol. The van der Waals surface area contributed by atoms with Crippen LogP contribution in [-0.2, 0) is 9.36 Å². The summed E-state index contributed by atoms with van der Waals surface area (Å²) < 4.78 is 31.4. The quantitative estimate of drug-likeness (QED) is 0.299. The van der Waals surface area contributed by atoms with Gasteiger partial charge in [0.2, 0.25) is 8.03 Å². The highest BCUT2D eigenvalue weighted by Gasteiger charge is 2.48. The third-order valence-corrected chi connectivity index (χ3v) is 6.98. The normalized spacial score (nSPS) is 15.2. The molecule has 2 N–H and O–H groups in total. The summed E-state index contributed by atoms with van der Waals surface area (Å²) in [5.41, 5.74) is 2.09. The maximum absolute atomic E-state index is 13.5. The SMILES string of the molecule is C=CC(C(=O)Oc1c(-c2ccc(F)cc2)nc2ccccc2c1C(C)C)(C(C)O)[PH](=O)O. The number of aliphatic hydroxyl groups excluding tert-OH is 1. The Balaban J connectivity index is 2.33. The number of carbonyl (C=O) groups excluding carboxylic acids is 1. The van der Waals surface area contributed by atoms with Crippen molar-refractivity contribution in [2.24, 2.45) is 0 Å². The molecule has 0 saturated heterocycles. The lowest BCUT2D eigenvalue weighted by molar-refractivity contribution is -0.138. The molecule has 3 unspecified atom stereocenters. The van der Waals surface area contributed by atoms with Gasteiger partial charge in [-0.05, 0) is 43.2 Å². The minimum atomic E-state index is -3.62. The highest BCUT2D eigenvalue weighted by Crippen LogP contribution is 2.44. The third-order valence-electron chi connectivity index (χ3n) is 5.45. The Morgan fingerprint density at radius 1 is 1.19 bits per heavy atom. The van der Waals surface area contributed by atoms with Crippen LogP contribution >= 0.6 is 8.03 Å². The number of fused-ring (bicyclic) bond motifs is 1. The lowest BCUT2D eigenvalue weighted by Gasteiger charge is -2.29. The number of aromatic nitrogens is 1. The van der Waals surface area contributed by atoms with Crippen LogP contribution in [0.4, 0.5) is 4.39 Å². The van der Waals surface area contributed by atoms with Crippen LogP contribution in [0, 0.1) is 5.82 Å². The van der Waals surface area contributed by atoms with Gasteiger partial charge in [-0.3, -0.25) is 4.57 Å². The van der Waals surface area contributed by atoms with E-state index in [1.54, 1.807) is 0 Å². The molecule has 3 rings (SSSR count). The zero-order valence-corrected chi connectivity index (χ0v) is 19.0. The molecule has 2 aromatic carbocycles. The number of nitrogens with zero attached hydrogens (tertiary/aromatic N) is 1. The van der Waals surface area contributed by atoms with Crippen LogP contribution in [0.2, 0.25) is 0 Å². The van der Waals surface area contributed by atoms with Crippen molar-refractivity contribution in [1.29, 1.82) is 0 Å². The highest BCUT2D eigenvalue weighted by molar-refractivity contribution is 7.42. The summed E-state index contributed by atoms with van der Waals surface area (Å²) in [4.78, 5) is 27.8. The molecule has 1 heterocycles. The number of benzene rings is 2. The third kappa shape index (κ3) is 4.11. The largest absolute Gasteiger partial charge is 0.423 e. The number of pyridine rings is 1. The van der Waals surface area contributed by atoms with Gasteiger partial charge >= 0.3 is 5.97 Å². The topological polar surface area (TPSA) is 96.7 Å². The molecule has 0 radical (unpaired) electrons. The van der Waals surface area contributed by atoms with Crippen molar-refractivity contribution in [1.82, 2.24) is 4.98 Å². The van der Waals surface area contributed by atoms with Gasteiger partial charge in [-0.15, -0.1) is 6.58 Å². The maximum Gasteiger partial charge on any atom is 0.333 e. The van der Waals surface area contributed by atoms with Crippen LogP contribution in [0.25, 0.3) is 22.2 Å². The molecule has 0 amide bonds. The second-order valence-electron chi connectivity index (χ2n) is 7.83. The van der Waals surface area contributed by atoms with Gasteiger partial charge in [0.25, 0.3) is 0 Å². The van der Waals surface area contributed by atoms with Crippen LogP contribution < -0.4 is 4.74 Å². The fraction of sp³-hybridized carbons (Fsp3) is 0.250. The number of para-hydroxylation sites is 1. The molecule has 0 aliphatic heterocycles. The first-order chi connectivity index (χ1) is 15.1. The molecule has 6 nitrogen and oxygen atoms in total. The smallest absolute Gasteiger partial charge is 0.333 e. The summed E-state index contributed by atoms with van der Waals surface area (Å²) in [6, 6.07) is 12.9. The predicted molar refractivity (Wildman–Crippen MR) is 123 cm³/mol. The lowest BCUT2D eigenvalue weighted by atomic mass is 9.94. The van der Waals surface area contributed by atoms with E-state index in [-0.39, 0.29) is 17.4 Å². The Hall–Kier alpha value is -2.86. The molecule has 32 heavy (non-hydrogen) atoms. The first-order valence-electron chi connectivity index (χ1n) is 10.1. The van der Waals surface area contributed by atoms with E-state index in [1.807, 2.05) is 38.1 Å². The number of esters is 1. The highest BCUT2D eigenvalue weighted by atomic mass is 31.1. The van der Waals surface area contributed by atoms with Crippen molar-refractivity contribution in [3.8, 4) is 17.0 Å². The number of carbonyl (C=O) groups is 1. The van der Waals surface area contributed by atoms with Gasteiger partial charge in [0, 0.05) is 16.5 Å². The summed E-state index contributed by atoms with van der Waals surface area (Å²) in [6.45, 7) is 8.54. The van der Waals surface area contributed by atoms with E-state index in [2.05, 4.69) is 11.6 Å². The number of hydrogen-bond donors (Lipinski definition) is 2. The molecule has 8 heteroatoms. The fourth-order valence-electron chi connectivity index (χ4n) is 3.65. The lowest BCUT2D eigenvalue weighted by Crippen LogP contribution is -2.46. The van der Waals surface area contributed by atoms with Crippen LogP contribution in [0.5, 0.6) is 5.75 Å². The Bertz CT molecular complexity index is 1190. The molecule has 0 bridgehead atoms. The number of halogens is 1. The van der Waals surface area contributed by atoms with Crippen molar-refractivity contribution < 1.29 is 28.5 Å². The summed E-state index contributed by atoms with van der Waals surface area (Å²) in [5, 5.41) is 8.74. The molecule has 0 aliphatic carbocycles. The summed E-state index contributed by atoms with van der Waals surface area (Å²) in [5.74, 6) is -1.58. The van der Waals surface area contributed by atoms with E-state index < -0.39 is 31.1 Å². The molecule has 3 aromatic rings. The predicted octanol–water partition coefficient (Wildman–Crippen LogP) is 4.84. The zero-order chi connectivity index (χ0) is 23.6. The van der Waals surface area contributed by atoms with Crippen molar-refractivity contribution in [2.45, 2.75) is 37.9 Å². The minimum Gasteiger partial charge on any atom is -0.423 e. The van der Waals surface area contributed by atoms with Crippen LogP contribution in [0.15, 0.2) is 61.2 Å². The minimum absolute atomic E-state index is 0.0884. The van der Waals surface area contributed by atoms with Crippen molar-refractivity contribution in [3.63, 3.8) is 0 Å². The van der Waals surface area contributed by atoms with Crippen LogP contribution in [0.3, 0.4) is 0 Å². The Morgan fingerprint density at radius 2 is 1.81 bits per heavy atom. The molecule has 0 aliphatic rings. The maximum atomic E-state index is 13.5. The van der Waals surface area contributed by atoms with Crippen molar-refractivity contribution in [2.75, 3.05) is 0 Å². The number of aliphatic hydroxyl groups is 1. The van der Waals surface area contributed by atoms with Gasteiger partial charge in [-0.2, -0.15) is 0 Å². The Morgan fingerprint density at radius 3 is 2.34 bits per heavy atom. The average Bonchev–Trinajstić information content (AvgIpc) is 2.74. The van der Waals surface area contributed by atoms with Gasteiger partial charge in [-0.25, -0.2) is 14.2 Å². The van der Waals surface area contributed by atoms with E-state index in [4.69, 9.17) is 4.74 Å². The van der Waals surface area contributed by atoms with E-state index in [0.29, 0.717) is 16.6 Å². The van der Waals surface area contributed by atoms with Crippen LogP contribution in [-0.4, -0.2) is 32.2 Å². The molecule has 168 valence electrons. The van der Waals surface area contributed by atoms with Gasteiger partial charge in [0.1, 0.15) is 11.5 Å². The second-order valence-corrected chi connectivity index (χ2v) is 9.26.